The normalized spacial score (nSPS) is 25.6. The number of ether oxygens (including phenoxy) is 1. The lowest BCUT2D eigenvalue weighted by Gasteiger charge is -2.34. The third-order valence-corrected chi connectivity index (χ3v) is 7.85. The molecule has 1 heterocycles. The van der Waals surface area contributed by atoms with E-state index in [1.165, 1.54) is 16.0 Å². The first-order valence-corrected chi connectivity index (χ1v) is 12.1. The van der Waals surface area contributed by atoms with Crippen molar-refractivity contribution in [3.8, 4) is 11.1 Å². The van der Waals surface area contributed by atoms with Gasteiger partial charge in [-0.1, -0.05) is 55.0 Å². The molecule has 0 aromatic heterocycles. The summed E-state index contributed by atoms with van der Waals surface area (Å²) < 4.78 is 5.67. The predicted molar refractivity (Wildman–Crippen MR) is 126 cm³/mol. The van der Waals surface area contributed by atoms with Crippen LogP contribution in [0.5, 0.6) is 0 Å². The predicted octanol–water partition coefficient (Wildman–Crippen LogP) is 4.16. The van der Waals surface area contributed by atoms with Crippen LogP contribution in [0.15, 0.2) is 48.5 Å². The van der Waals surface area contributed by atoms with Gasteiger partial charge in [-0.3, -0.25) is 4.79 Å². The molecule has 0 radical (unpaired) electrons. The van der Waals surface area contributed by atoms with Crippen LogP contribution in [0.3, 0.4) is 0 Å². The summed E-state index contributed by atoms with van der Waals surface area (Å²) in [4.78, 5) is 39.3. The van der Waals surface area contributed by atoms with Gasteiger partial charge in [-0.05, 0) is 54.9 Å². The Morgan fingerprint density at radius 3 is 2.32 bits per heavy atom. The van der Waals surface area contributed by atoms with E-state index in [1.54, 1.807) is 6.92 Å². The lowest BCUT2D eigenvalue weighted by molar-refractivity contribution is -0.157. The molecule has 34 heavy (non-hydrogen) atoms. The van der Waals surface area contributed by atoms with Crippen LogP contribution in [0.25, 0.3) is 11.1 Å². The van der Waals surface area contributed by atoms with Gasteiger partial charge in [-0.25, -0.2) is 9.59 Å². The average Bonchev–Trinajstić information content (AvgIpc) is 3.54. The Labute approximate surface area is 199 Å². The topological polar surface area (TPSA) is 95.9 Å². The maximum atomic E-state index is 13.3. The number of carboxylic acids is 1. The number of amides is 2. The van der Waals surface area contributed by atoms with Gasteiger partial charge in [0, 0.05) is 18.5 Å². The zero-order chi connectivity index (χ0) is 23.9. The van der Waals surface area contributed by atoms with Crippen LogP contribution in [0.2, 0.25) is 0 Å². The molecule has 7 nitrogen and oxygen atoms in total. The quantitative estimate of drug-likeness (QED) is 0.696. The number of alkyl carbamates (subject to hydrolysis) is 1. The minimum Gasteiger partial charge on any atom is -0.480 e. The van der Waals surface area contributed by atoms with Crippen LogP contribution >= 0.6 is 0 Å². The summed E-state index contributed by atoms with van der Waals surface area (Å²) in [6, 6.07) is 16.0. The molecule has 7 heteroatoms. The lowest BCUT2D eigenvalue weighted by atomic mass is 9.95. The van der Waals surface area contributed by atoms with Crippen molar-refractivity contribution >= 4 is 18.0 Å². The average molecular weight is 463 g/mol. The first kappa shape index (κ1) is 22.4. The van der Waals surface area contributed by atoms with E-state index in [4.69, 9.17) is 4.74 Å². The van der Waals surface area contributed by atoms with Gasteiger partial charge in [0.1, 0.15) is 12.1 Å². The van der Waals surface area contributed by atoms with Crippen molar-refractivity contribution in [1.82, 2.24) is 10.2 Å². The highest BCUT2D eigenvalue weighted by Gasteiger charge is 2.49. The molecular weight excluding hydrogens is 432 g/mol. The van der Waals surface area contributed by atoms with E-state index in [1.807, 2.05) is 24.3 Å². The number of hydrogen-bond acceptors (Lipinski definition) is 4. The van der Waals surface area contributed by atoms with Crippen LogP contribution in [0.4, 0.5) is 4.79 Å². The minimum atomic E-state index is -1.17. The fourth-order valence-corrected chi connectivity index (χ4v) is 5.96. The van der Waals surface area contributed by atoms with E-state index >= 15 is 0 Å². The Balaban J connectivity index is 1.24. The third-order valence-electron chi connectivity index (χ3n) is 7.85. The number of nitrogens with one attached hydrogen (secondary N) is 1. The molecule has 0 spiro atoms. The molecule has 2 fully saturated rings. The number of fused-ring (bicyclic) bond motifs is 3. The van der Waals surface area contributed by atoms with Crippen molar-refractivity contribution in [3.05, 3.63) is 59.7 Å². The van der Waals surface area contributed by atoms with Gasteiger partial charge < -0.3 is 20.1 Å². The molecule has 2 N–H and O–H groups in total. The number of carbonyl (C=O) groups is 3. The van der Waals surface area contributed by atoms with E-state index in [2.05, 4.69) is 29.6 Å². The second kappa shape index (κ2) is 8.78. The first-order chi connectivity index (χ1) is 16.4. The largest absolute Gasteiger partial charge is 0.480 e. The zero-order valence-electron chi connectivity index (χ0n) is 19.3. The maximum Gasteiger partial charge on any atom is 0.407 e. The molecule has 1 unspecified atom stereocenters. The monoisotopic (exact) mass is 462 g/mol. The number of aliphatic carboxylic acids is 1. The van der Waals surface area contributed by atoms with E-state index in [-0.39, 0.29) is 24.5 Å². The fourth-order valence-electron chi connectivity index (χ4n) is 5.96. The Hall–Kier alpha value is -3.35. The molecule has 2 aromatic rings. The van der Waals surface area contributed by atoms with E-state index < -0.39 is 23.5 Å². The molecule has 2 amide bonds. The molecular formula is C27H30N2O5. The summed E-state index contributed by atoms with van der Waals surface area (Å²) in [5.41, 5.74) is 3.45. The molecule has 2 aliphatic carbocycles. The van der Waals surface area contributed by atoms with Crippen molar-refractivity contribution in [2.75, 3.05) is 13.2 Å². The summed E-state index contributed by atoms with van der Waals surface area (Å²) >= 11 is 0. The van der Waals surface area contributed by atoms with E-state index in [9.17, 15) is 19.5 Å². The summed E-state index contributed by atoms with van der Waals surface area (Å²) in [5.74, 6) is -1.60. The molecule has 3 atom stereocenters. The van der Waals surface area contributed by atoms with Gasteiger partial charge in [-0.15, -0.1) is 0 Å². The van der Waals surface area contributed by atoms with Crippen LogP contribution < -0.4 is 5.32 Å². The summed E-state index contributed by atoms with van der Waals surface area (Å²) in [5, 5.41) is 12.6. The number of carbonyl (C=O) groups excluding carboxylic acids is 2. The molecule has 2 aromatic carbocycles. The van der Waals surface area contributed by atoms with Gasteiger partial charge in [0.05, 0.1) is 5.92 Å². The third kappa shape index (κ3) is 3.73. The van der Waals surface area contributed by atoms with E-state index in [0.29, 0.717) is 32.2 Å². The van der Waals surface area contributed by atoms with Gasteiger partial charge in [0.25, 0.3) is 0 Å². The molecule has 1 saturated heterocycles. The number of carboxylic acid groups (broad SMARTS) is 1. The Morgan fingerprint density at radius 1 is 1.03 bits per heavy atom. The van der Waals surface area contributed by atoms with Crippen molar-refractivity contribution < 1.29 is 24.2 Å². The second-order valence-corrected chi connectivity index (χ2v) is 9.79. The van der Waals surface area contributed by atoms with Crippen molar-refractivity contribution in [2.24, 2.45) is 5.92 Å². The summed E-state index contributed by atoms with van der Waals surface area (Å²) in [7, 11) is 0. The number of nitrogens with zero attached hydrogens (tertiary/aromatic N) is 1. The van der Waals surface area contributed by atoms with Gasteiger partial charge in [0.15, 0.2) is 0 Å². The van der Waals surface area contributed by atoms with Crippen LogP contribution in [0.1, 0.15) is 56.1 Å². The number of hydrogen-bond donors (Lipinski definition) is 2. The smallest absolute Gasteiger partial charge is 0.407 e. The lowest BCUT2D eigenvalue weighted by Crippen LogP contribution is -2.54. The molecule has 0 bridgehead atoms. The highest BCUT2D eigenvalue weighted by molar-refractivity contribution is 5.89. The Morgan fingerprint density at radius 2 is 1.68 bits per heavy atom. The van der Waals surface area contributed by atoms with Crippen LogP contribution in [0, 0.1) is 5.92 Å². The SMILES string of the molecule is CC1(C(=O)O)CCCN1C(=O)[C@@H]1CCC[C@@H]1NC(=O)OCC1c2ccccc2-c2ccccc21. The molecule has 1 saturated carbocycles. The maximum absolute atomic E-state index is 13.3. The fraction of sp³-hybridized carbons (Fsp3) is 0.444. The highest BCUT2D eigenvalue weighted by Crippen LogP contribution is 2.44. The van der Waals surface area contributed by atoms with Gasteiger partial charge in [-0.2, -0.15) is 0 Å². The number of likely N-dealkylation sites (tertiary alicyclic amines) is 1. The summed E-state index contributed by atoms with van der Waals surface area (Å²) in [6.45, 7) is 2.27. The van der Waals surface area contributed by atoms with Crippen molar-refractivity contribution in [2.45, 2.75) is 56.5 Å². The van der Waals surface area contributed by atoms with Crippen LogP contribution in [-0.2, 0) is 14.3 Å². The van der Waals surface area contributed by atoms with Gasteiger partial charge in [0.2, 0.25) is 5.91 Å². The molecule has 3 aliphatic rings. The first-order valence-electron chi connectivity index (χ1n) is 12.1. The van der Waals surface area contributed by atoms with Crippen molar-refractivity contribution in [3.63, 3.8) is 0 Å². The second-order valence-electron chi connectivity index (χ2n) is 9.79. The van der Waals surface area contributed by atoms with Crippen LogP contribution in [-0.4, -0.2) is 52.7 Å². The van der Waals surface area contributed by atoms with Crippen molar-refractivity contribution in [1.29, 1.82) is 0 Å². The van der Waals surface area contributed by atoms with Gasteiger partial charge >= 0.3 is 12.1 Å². The number of rotatable bonds is 5. The molecule has 5 rings (SSSR count). The molecule has 1 aliphatic heterocycles. The number of benzene rings is 2. The Bertz CT molecular complexity index is 1090. The van der Waals surface area contributed by atoms with E-state index in [0.717, 1.165) is 17.5 Å². The Kier molecular flexibility index (Phi) is 5.80. The standard InChI is InChI=1S/C27H30N2O5/c1-27(25(31)32)14-7-15-29(27)24(30)21-12-6-13-23(21)28-26(33)34-16-22-19-10-4-2-8-17(19)18-9-3-5-11-20(18)22/h2-5,8-11,21-23H,6-7,12-16H2,1H3,(H,28,33)(H,31,32)/t21-,23+,27?/m1/s1. The highest BCUT2D eigenvalue weighted by atomic mass is 16.5. The summed E-state index contributed by atoms with van der Waals surface area (Å²) in [6.07, 6.45) is 2.71. The molecule has 178 valence electrons. The minimum absolute atomic E-state index is 0.0277. The zero-order valence-corrected chi connectivity index (χ0v) is 19.3.